The first-order chi connectivity index (χ1) is 6.61. The summed E-state index contributed by atoms with van der Waals surface area (Å²) in [5.41, 5.74) is 1.74. The molecule has 1 fully saturated rings. The van der Waals surface area contributed by atoms with Gasteiger partial charge in [0, 0.05) is 0 Å². The lowest BCUT2D eigenvalue weighted by Crippen LogP contribution is -2.16. The molecule has 0 nitrogen and oxygen atoms in total. The van der Waals surface area contributed by atoms with Gasteiger partial charge in [0.15, 0.2) is 0 Å². The van der Waals surface area contributed by atoms with Gasteiger partial charge in [-0.25, -0.2) is 0 Å². The number of hydrogen-bond donors (Lipinski definition) is 0. The maximum atomic E-state index is 2.53. The first-order valence-corrected chi connectivity index (χ1v) is 6.30. The molecule has 0 amide bonds. The van der Waals surface area contributed by atoms with Crippen LogP contribution in [0.4, 0.5) is 0 Å². The highest BCUT2D eigenvalue weighted by atomic mass is 14.3. The summed E-state index contributed by atoms with van der Waals surface area (Å²) in [7, 11) is 0. The smallest absolute Gasteiger partial charge is 0.0206 e. The third kappa shape index (κ3) is 3.48. The molecule has 2 unspecified atom stereocenters. The van der Waals surface area contributed by atoms with Crippen LogP contribution in [-0.2, 0) is 0 Å². The molecule has 0 heteroatoms. The van der Waals surface area contributed by atoms with Crippen LogP contribution in [0.25, 0.3) is 0 Å². The van der Waals surface area contributed by atoms with Crippen molar-refractivity contribution in [2.24, 2.45) is 17.8 Å². The zero-order valence-electron chi connectivity index (χ0n) is 10.3. The molecule has 0 heterocycles. The van der Waals surface area contributed by atoms with Crippen molar-refractivity contribution >= 4 is 0 Å². The van der Waals surface area contributed by atoms with E-state index in [1.165, 1.54) is 32.1 Å². The van der Waals surface area contributed by atoms with Crippen LogP contribution in [0, 0.1) is 17.8 Å². The van der Waals surface area contributed by atoms with E-state index in [1.54, 1.807) is 5.57 Å². The Morgan fingerprint density at radius 1 is 1.36 bits per heavy atom. The van der Waals surface area contributed by atoms with Crippen molar-refractivity contribution in [1.29, 1.82) is 0 Å². The van der Waals surface area contributed by atoms with Crippen LogP contribution < -0.4 is 0 Å². The van der Waals surface area contributed by atoms with Crippen LogP contribution in [0.2, 0.25) is 0 Å². The van der Waals surface area contributed by atoms with E-state index < -0.39 is 0 Å². The van der Waals surface area contributed by atoms with Crippen LogP contribution in [0.1, 0.15) is 59.8 Å². The molecule has 0 spiro atoms. The fourth-order valence-corrected chi connectivity index (χ4v) is 2.36. The molecule has 1 rings (SSSR count). The average Bonchev–Trinajstić information content (AvgIpc) is 2.12. The summed E-state index contributed by atoms with van der Waals surface area (Å²) in [6, 6.07) is 0. The van der Waals surface area contributed by atoms with Crippen LogP contribution in [-0.4, -0.2) is 0 Å². The normalized spacial score (nSPS) is 31.4. The molecule has 1 aliphatic carbocycles. The summed E-state index contributed by atoms with van der Waals surface area (Å²) in [5.74, 6) is 2.60. The molecule has 0 saturated heterocycles. The van der Waals surface area contributed by atoms with Gasteiger partial charge in [-0.05, 0) is 49.9 Å². The number of allylic oxidation sites excluding steroid dienone is 2. The minimum Gasteiger partial charge on any atom is -0.0850 e. The summed E-state index contributed by atoms with van der Waals surface area (Å²) >= 11 is 0. The average molecular weight is 194 g/mol. The Morgan fingerprint density at radius 2 is 2.07 bits per heavy atom. The molecule has 0 N–H and O–H groups in total. The minimum absolute atomic E-state index is 0.843. The van der Waals surface area contributed by atoms with Crippen LogP contribution in [0.5, 0.6) is 0 Å². The van der Waals surface area contributed by atoms with Gasteiger partial charge in [0.2, 0.25) is 0 Å². The van der Waals surface area contributed by atoms with E-state index in [0.717, 1.165) is 17.8 Å². The molecule has 82 valence electrons. The predicted molar refractivity (Wildman–Crippen MR) is 64.3 cm³/mol. The first-order valence-electron chi connectivity index (χ1n) is 6.30. The van der Waals surface area contributed by atoms with E-state index in [9.17, 15) is 0 Å². The van der Waals surface area contributed by atoms with Crippen LogP contribution >= 0.6 is 0 Å². The molecular weight excluding hydrogens is 168 g/mol. The third-order valence-corrected chi connectivity index (χ3v) is 3.71. The van der Waals surface area contributed by atoms with Gasteiger partial charge in [-0.15, -0.1) is 0 Å². The fraction of sp³-hybridized carbons (Fsp3) is 0.857. The van der Waals surface area contributed by atoms with E-state index in [-0.39, 0.29) is 0 Å². The van der Waals surface area contributed by atoms with Gasteiger partial charge >= 0.3 is 0 Å². The quantitative estimate of drug-likeness (QED) is 0.566. The monoisotopic (exact) mass is 194 g/mol. The largest absolute Gasteiger partial charge is 0.0850 e. The van der Waals surface area contributed by atoms with Gasteiger partial charge in [-0.3, -0.25) is 0 Å². The van der Waals surface area contributed by atoms with E-state index >= 15 is 0 Å². The summed E-state index contributed by atoms with van der Waals surface area (Å²) in [4.78, 5) is 0. The molecule has 0 radical (unpaired) electrons. The number of hydrogen-bond acceptors (Lipinski definition) is 0. The second-order valence-corrected chi connectivity index (χ2v) is 5.41. The summed E-state index contributed by atoms with van der Waals surface area (Å²) in [5, 5.41) is 0. The van der Waals surface area contributed by atoms with Gasteiger partial charge in [-0.2, -0.15) is 0 Å². The zero-order valence-corrected chi connectivity index (χ0v) is 10.3. The molecule has 0 bridgehead atoms. The van der Waals surface area contributed by atoms with Crippen molar-refractivity contribution in [3.63, 3.8) is 0 Å². The lowest BCUT2D eigenvalue weighted by atomic mass is 9.77. The van der Waals surface area contributed by atoms with Crippen LogP contribution in [0.15, 0.2) is 11.6 Å². The maximum Gasteiger partial charge on any atom is -0.0206 e. The van der Waals surface area contributed by atoms with Gasteiger partial charge in [0.05, 0.1) is 0 Å². The summed E-state index contributed by atoms with van der Waals surface area (Å²) < 4.78 is 0. The second-order valence-electron chi connectivity index (χ2n) is 5.41. The van der Waals surface area contributed by atoms with Gasteiger partial charge in [-0.1, -0.05) is 39.3 Å². The molecule has 1 saturated carbocycles. The Bertz CT molecular complexity index is 188. The first kappa shape index (κ1) is 11.8. The van der Waals surface area contributed by atoms with E-state index in [4.69, 9.17) is 0 Å². The van der Waals surface area contributed by atoms with E-state index in [0.29, 0.717) is 0 Å². The summed E-state index contributed by atoms with van der Waals surface area (Å²) in [6.45, 7) is 9.43. The van der Waals surface area contributed by atoms with Gasteiger partial charge < -0.3 is 0 Å². The Labute approximate surface area is 89.8 Å². The Hall–Kier alpha value is -0.260. The molecular formula is C14H26. The Kier molecular flexibility index (Phi) is 4.71. The SMILES string of the molecule is CC(C)CC/C=C1/CCCC(C)C1C. The van der Waals surface area contributed by atoms with Gasteiger partial charge in [0.25, 0.3) is 0 Å². The fourth-order valence-electron chi connectivity index (χ4n) is 2.36. The highest BCUT2D eigenvalue weighted by Gasteiger charge is 2.20. The maximum absolute atomic E-state index is 2.53. The lowest BCUT2D eigenvalue weighted by Gasteiger charge is -2.28. The molecule has 0 aromatic carbocycles. The highest BCUT2D eigenvalue weighted by molar-refractivity contribution is 5.09. The molecule has 14 heavy (non-hydrogen) atoms. The third-order valence-electron chi connectivity index (χ3n) is 3.71. The van der Waals surface area contributed by atoms with Crippen molar-refractivity contribution in [2.75, 3.05) is 0 Å². The summed E-state index contributed by atoms with van der Waals surface area (Å²) in [6.07, 6.45) is 9.39. The molecule has 0 aromatic heterocycles. The van der Waals surface area contributed by atoms with Crippen molar-refractivity contribution in [3.8, 4) is 0 Å². The molecule has 0 aromatic rings. The van der Waals surface area contributed by atoms with Crippen molar-refractivity contribution in [2.45, 2.75) is 59.8 Å². The topological polar surface area (TPSA) is 0 Å². The Balaban J connectivity index is 2.41. The molecule has 0 aliphatic heterocycles. The van der Waals surface area contributed by atoms with Gasteiger partial charge in [0.1, 0.15) is 0 Å². The highest BCUT2D eigenvalue weighted by Crippen LogP contribution is 2.34. The van der Waals surface area contributed by atoms with E-state index in [1.807, 2.05) is 0 Å². The Morgan fingerprint density at radius 3 is 2.71 bits per heavy atom. The minimum atomic E-state index is 0.843. The molecule has 1 aliphatic rings. The van der Waals surface area contributed by atoms with Crippen LogP contribution in [0.3, 0.4) is 0 Å². The molecule has 2 atom stereocenters. The van der Waals surface area contributed by atoms with Crippen molar-refractivity contribution in [1.82, 2.24) is 0 Å². The lowest BCUT2D eigenvalue weighted by molar-refractivity contribution is 0.348. The van der Waals surface area contributed by atoms with Crippen molar-refractivity contribution in [3.05, 3.63) is 11.6 Å². The zero-order chi connectivity index (χ0) is 10.6. The number of rotatable bonds is 3. The standard InChI is InChI=1S/C14H26/c1-11(2)7-5-9-14-10-6-8-12(3)13(14)4/h9,11-13H,5-8,10H2,1-4H3/b14-9-. The van der Waals surface area contributed by atoms with Crippen molar-refractivity contribution < 1.29 is 0 Å². The predicted octanol–water partition coefficient (Wildman–Crippen LogP) is 4.81. The van der Waals surface area contributed by atoms with E-state index in [2.05, 4.69) is 33.8 Å². The second kappa shape index (κ2) is 5.58.